The van der Waals surface area contributed by atoms with Gasteiger partial charge in [-0.3, -0.25) is 9.78 Å². The van der Waals surface area contributed by atoms with Crippen LogP contribution >= 0.6 is 22.9 Å². The van der Waals surface area contributed by atoms with Crippen molar-refractivity contribution in [2.75, 3.05) is 6.54 Å². The maximum absolute atomic E-state index is 12.1. The SMILES string of the molecule is O=C(NCCc1ccccn1)c1csc(COc2ccc(Cl)cc2)n1. The third-order valence-corrected chi connectivity index (χ3v) is 4.43. The first-order valence-electron chi connectivity index (χ1n) is 7.71. The van der Waals surface area contributed by atoms with E-state index in [4.69, 9.17) is 16.3 Å². The minimum Gasteiger partial charge on any atom is -0.486 e. The van der Waals surface area contributed by atoms with Crippen LogP contribution in [0.15, 0.2) is 54.0 Å². The molecule has 1 aromatic carbocycles. The normalized spacial score (nSPS) is 10.4. The van der Waals surface area contributed by atoms with Crippen molar-refractivity contribution in [1.29, 1.82) is 0 Å². The first kappa shape index (κ1) is 17.4. The van der Waals surface area contributed by atoms with Gasteiger partial charge in [-0.1, -0.05) is 17.7 Å². The fraction of sp³-hybridized carbons (Fsp3) is 0.167. The number of pyridine rings is 1. The molecule has 0 atom stereocenters. The lowest BCUT2D eigenvalue weighted by molar-refractivity contribution is 0.0949. The number of carbonyl (C=O) groups excluding carboxylic acids is 1. The number of carbonyl (C=O) groups is 1. The van der Waals surface area contributed by atoms with Crippen molar-refractivity contribution in [3.05, 3.63) is 75.5 Å². The molecule has 25 heavy (non-hydrogen) atoms. The lowest BCUT2D eigenvalue weighted by Gasteiger charge is -2.04. The molecule has 7 heteroatoms. The molecule has 0 aliphatic carbocycles. The Bertz CT molecular complexity index is 822. The van der Waals surface area contributed by atoms with E-state index in [9.17, 15) is 4.79 Å². The van der Waals surface area contributed by atoms with Crippen LogP contribution in [0.5, 0.6) is 5.75 Å². The Hall–Kier alpha value is -2.44. The van der Waals surface area contributed by atoms with Crippen molar-refractivity contribution in [2.24, 2.45) is 0 Å². The fourth-order valence-electron chi connectivity index (χ4n) is 2.10. The summed E-state index contributed by atoms with van der Waals surface area (Å²) >= 11 is 7.23. The Kier molecular flexibility index (Phi) is 5.98. The summed E-state index contributed by atoms with van der Waals surface area (Å²) in [6.07, 6.45) is 2.42. The highest BCUT2D eigenvalue weighted by Gasteiger charge is 2.11. The molecule has 3 aromatic rings. The summed E-state index contributed by atoms with van der Waals surface area (Å²) in [4.78, 5) is 20.6. The van der Waals surface area contributed by atoms with Gasteiger partial charge in [-0.15, -0.1) is 11.3 Å². The quantitative estimate of drug-likeness (QED) is 0.685. The van der Waals surface area contributed by atoms with Crippen molar-refractivity contribution in [2.45, 2.75) is 13.0 Å². The maximum atomic E-state index is 12.1. The molecular weight excluding hydrogens is 358 g/mol. The topological polar surface area (TPSA) is 64.1 Å². The summed E-state index contributed by atoms with van der Waals surface area (Å²) in [7, 11) is 0. The number of hydrogen-bond donors (Lipinski definition) is 1. The third kappa shape index (κ3) is 5.27. The summed E-state index contributed by atoms with van der Waals surface area (Å²) < 4.78 is 5.63. The molecule has 5 nitrogen and oxygen atoms in total. The van der Waals surface area contributed by atoms with Gasteiger partial charge in [-0.05, 0) is 36.4 Å². The molecule has 0 radical (unpaired) electrons. The Morgan fingerprint density at radius 3 is 2.80 bits per heavy atom. The number of thiazole rings is 1. The summed E-state index contributed by atoms with van der Waals surface area (Å²) in [5.41, 5.74) is 1.35. The number of aromatic nitrogens is 2. The Balaban J connectivity index is 1.47. The van der Waals surface area contributed by atoms with Gasteiger partial charge in [0.1, 0.15) is 23.1 Å². The number of nitrogens with zero attached hydrogens (tertiary/aromatic N) is 2. The lowest BCUT2D eigenvalue weighted by Crippen LogP contribution is -2.26. The van der Waals surface area contributed by atoms with Crippen LogP contribution in [-0.4, -0.2) is 22.4 Å². The Labute approximate surface area is 154 Å². The van der Waals surface area contributed by atoms with Crippen LogP contribution in [0.4, 0.5) is 0 Å². The molecule has 0 unspecified atom stereocenters. The summed E-state index contributed by atoms with van der Waals surface area (Å²) in [6, 6.07) is 12.8. The fourth-order valence-corrected chi connectivity index (χ4v) is 2.91. The van der Waals surface area contributed by atoms with Crippen LogP contribution < -0.4 is 10.1 Å². The largest absolute Gasteiger partial charge is 0.486 e. The standard InChI is InChI=1S/C18H16ClN3O2S/c19-13-4-6-15(7-5-13)24-11-17-22-16(12-25-17)18(23)21-10-8-14-3-1-2-9-20-14/h1-7,9,12H,8,10-11H2,(H,21,23). The molecule has 0 aliphatic rings. The van der Waals surface area contributed by atoms with Crippen molar-refractivity contribution in [3.8, 4) is 5.75 Å². The molecular formula is C18H16ClN3O2S. The number of nitrogens with one attached hydrogen (secondary N) is 1. The average molecular weight is 374 g/mol. The number of halogens is 1. The van der Waals surface area contributed by atoms with E-state index in [2.05, 4.69) is 15.3 Å². The van der Waals surface area contributed by atoms with E-state index in [1.54, 1.807) is 35.8 Å². The van der Waals surface area contributed by atoms with Gasteiger partial charge in [0.15, 0.2) is 0 Å². The van der Waals surface area contributed by atoms with E-state index >= 15 is 0 Å². The molecule has 0 aliphatic heterocycles. The summed E-state index contributed by atoms with van der Waals surface area (Å²) in [5, 5.41) is 5.98. The zero-order valence-corrected chi connectivity index (χ0v) is 14.9. The zero-order chi connectivity index (χ0) is 17.5. The summed E-state index contributed by atoms with van der Waals surface area (Å²) in [5.74, 6) is 0.519. The minimum atomic E-state index is -0.190. The molecule has 0 saturated heterocycles. The molecule has 128 valence electrons. The second-order valence-corrected chi connectivity index (χ2v) is 6.58. The highest BCUT2D eigenvalue weighted by Crippen LogP contribution is 2.18. The van der Waals surface area contributed by atoms with Crippen LogP contribution in [0.3, 0.4) is 0 Å². The predicted molar refractivity (Wildman–Crippen MR) is 98.2 cm³/mol. The van der Waals surface area contributed by atoms with Gasteiger partial charge in [-0.25, -0.2) is 4.98 Å². The minimum absolute atomic E-state index is 0.190. The molecule has 2 heterocycles. The molecule has 1 N–H and O–H groups in total. The van der Waals surface area contributed by atoms with Crippen LogP contribution in [0.25, 0.3) is 0 Å². The van der Waals surface area contributed by atoms with Crippen LogP contribution in [0.1, 0.15) is 21.2 Å². The van der Waals surface area contributed by atoms with Gasteiger partial charge in [0.05, 0.1) is 0 Å². The van der Waals surface area contributed by atoms with Crippen LogP contribution in [0, 0.1) is 0 Å². The molecule has 0 bridgehead atoms. The predicted octanol–water partition coefficient (Wildman–Crippen LogP) is 3.74. The van der Waals surface area contributed by atoms with Crippen LogP contribution in [0.2, 0.25) is 5.02 Å². The first-order chi connectivity index (χ1) is 12.2. The molecule has 0 spiro atoms. The second-order valence-electron chi connectivity index (χ2n) is 5.20. The molecule has 1 amide bonds. The average Bonchev–Trinajstić information content (AvgIpc) is 3.11. The molecule has 3 rings (SSSR count). The Morgan fingerprint density at radius 1 is 1.20 bits per heavy atom. The van der Waals surface area contributed by atoms with Crippen molar-refractivity contribution >= 4 is 28.8 Å². The smallest absolute Gasteiger partial charge is 0.270 e. The van der Waals surface area contributed by atoms with E-state index in [1.165, 1.54) is 11.3 Å². The lowest BCUT2D eigenvalue weighted by atomic mass is 10.2. The van der Waals surface area contributed by atoms with Gasteiger partial charge in [0, 0.05) is 35.3 Å². The molecule has 2 aromatic heterocycles. The van der Waals surface area contributed by atoms with Gasteiger partial charge in [-0.2, -0.15) is 0 Å². The van der Waals surface area contributed by atoms with Crippen molar-refractivity contribution in [3.63, 3.8) is 0 Å². The second kappa shape index (κ2) is 8.60. The highest BCUT2D eigenvalue weighted by molar-refractivity contribution is 7.09. The van der Waals surface area contributed by atoms with E-state index in [0.29, 0.717) is 36.0 Å². The first-order valence-corrected chi connectivity index (χ1v) is 8.97. The van der Waals surface area contributed by atoms with E-state index in [1.807, 2.05) is 18.2 Å². The number of hydrogen-bond acceptors (Lipinski definition) is 5. The maximum Gasteiger partial charge on any atom is 0.270 e. The third-order valence-electron chi connectivity index (χ3n) is 3.35. The van der Waals surface area contributed by atoms with E-state index in [-0.39, 0.29) is 5.91 Å². The number of rotatable bonds is 7. The monoisotopic (exact) mass is 373 g/mol. The van der Waals surface area contributed by atoms with Gasteiger partial charge >= 0.3 is 0 Å². The van der Waals surface area contributed by atoms with Gasteiger partial charge in [0.25, 0.3) is 5.91 Å². The molecule has 0 fully saturated rings. The Morgan fingerprint density at radius 2 is 2.04 bits per heavy atom. The van der Waals surface area contributed by atoms with E-state index < -0.39 is 0 Å². The number of amides is 1. The van der Waals surface area contributed by atoms with Gasteiger partial charge in [0.2, 0.25) is 0 Å². The highest BCUT2D eigenvalue weighted by atomic mass is 35.5. The van der Waals surface area contributed by atoms with Gasteiger partial charge < -0.3 is 10.1 Å². The van der Waals surface area contributed by atoms with E-state index in [0.717, 1.165) is 10.7 Å². The number of benzene rings is 1. The van der Waals surface area contributed by atoms with Crippen molar-refractivity contribution < 1.29 is 9.53 Å². The zero-order valence-electron chi connectivity index (χ0n) is 13.3. The number of ether oxygens (including phenoxy) is 1. The molecule has 0 saturated carbocycles. The van der Waals surface area contributed by atoms with Crippen LogP contribution in [-0.2, 0) is 13.0 Å². The summed E-state index contributed by atoms with van der Waals surface area (Å²) in [6.45, 7) is 0.831. The van der Waals surface area contributed by atoms with Crippen molar-refractivity contribution in [1.82, 2.24) is 15.3 Å².